The van der Waals surface area contributed by atoms with Crippen molar-refractivity contribution in [3.8, 4) is 0 Å². The largest absolute Gasteiger partial charge is 0.480 e. The third-order valence-corrected chi connectivity index (χ3v) is 5.36. The van der Waals surface area contributed by atoms with Crippen molar-refractivity contribution in [3.63, 3.8) is 0 Å². The van der Waals surface area contributed by atoms with Crippen molar-refractivity contribution in [1.82, 2.24) is 10.6 Å². The Bertz CT molecular complexity index is 458. The van der Waals surface area contributed by atoms with Crippen LogP contribution in [0.3, 0.4) is 0 Å². The van der Waals surface area contributed by atoms with E-state index in [1.165, 1.54) is 70.6 Å². The first-order chi connectivity index (χ1) is 14.5. The van der Waals surface area contributed by atoms with Crippen molar-refractivity contribution in [3.05, 3.63) is 0 Å². The monoisotopic (exact) mass is 427 g/mol. The molecule has 0 radical (unpaired) electrons. The highest BCUT2D eigenvalue weighted by Crippen LogP contribution is 2.13. The lowest BCUT2D eigenvalue weighted by molar-refractivity contribution is -0.142. The van der Waals surface area contributed by atoms with Gasteiger partial charge in [0, 0.05) is 13.0 Å². The number of unbranched alkanes of at least 4 members (excludes halogenated alkanes) is 13. The van der Waals surface area contributed by atoms with Gasteiger partial charge in [-0.15, -0.1) is 0 Å². The molecule has 0 fully saturated rings. The van der Waals surface area contributed by atoms with Gasteiger partial charge in [-0.3, -0.25) is 4.79 Å². The highest BCUT2D eigenvalue weighted by atomic mass is 16.4. The van der Waals surface area contributed by atoms with Crippen LogP contribution in [0.4, 0.5) is 4.79 Å². The van der Waals surface area contributed by atoms with Crippen LogP contribution >= 0.6 is 0 Å². The second-order valence-corrected chi connectivity index (χ2v) is 8.24. The van der Waals surface area contributed by atoms with Gasteiger partial charge in [-0.25, -0.2) is 9.59 Å². The standard InChI is InChI=1S/C23H45N3O4/c1-2-3-4-5-6-7-8-9-10-11-12-13-14-15-18-21(27)26-20(22(28)29)17-16-19-25-23(24)30/h20H,2-19H2,1H3,(H,26,27)(H,28,29)(H3,24,25,30)/t20-/m0/s1. The van der Waals surface area contributed by atoms with Crippen LogP contribution in [0.25, 0.3) is 0 Å². The van der Waals surface area contributed by atoms with Crippen LogP contribution in [-0.2, 0) is 9.59 Å². The Morgan fingerprint density at radius 1 is 0.767 bits per heavy atom. The van der Waals surface area contributed by atoms with Crippen LogP contribution in [0, 0.1) is 0 Å². The van der Waals surface area contributed by atoms with Crippen molar-refractivity contribution in [2.45, 2.75) is 122 Å². The molecule has 0 aliphatic rings. The maximum absolute atomic E-state index is 12.0. The second kappa shape index (κ2) is 20.5. The van der Waals surface area contributed by atoms with E-state index in [1.807, 2.05) is 0 Å². The third kappa shape index (κ3) is 19.5. The maximum Gasteiger partial charge on any atom is 0.326 e. The molecule has 0 rings (SSSR count). The van der Waals surface area contributed by atoms with Gasteiger partial charge in [-0.05, 0) is 19.3 Å². The molecule has 5 N–H and O–H groups in total. The van der Waals surface area contributed by atoms with Crippen molar-refractivity contribution in [2.75, 3.05) is 6.54 Å². The summed E-state index contributed by atoms with van der Waals surface area (Å²) in [7, 11) is 0. The first-order valence-corrected chi connectivity index (χ1v) is 12.0. The van der Waals surface area contributed by atoms with E-state index in [0.29, 0.717) is 19.4 Å². The van der Waals surface area contributed by atoms with E-state index in [4.69, 9.17) is 5.73 Å². The molecule has 1 atom stereocenters. The van der Waals surface area contributed by atoms with Gasteiger partial charge in [-0.1, -0.05) is 90.4 Å². The minimum atomic E-state index is -1.05. The van der Waals surface area contributed by atoms with Gasteiger partial charge in [-0.2, -0.15) is 0 Å². The Morgan fingerprint density at radius 3 is 1.67 bits per heavy atom. The topological polar surface area (TPSA) is 122 Å². The average molecular weight is 428 g/mol. The summed E-state index contributed by atoms with van der Waals surface area (Å²) in [6, 6.07) is -1.55. The number of amides is 3. The average Bonchev–Trinajstić information content (AvgIpc) is 2.70. The zero-order valence-electron chi connectivity index (χ0n) is 19.1. The lowest BCUT2D eigenvalue weighted by atomic mass is 10.0. The molecule has 0 bridgehead atoms. The summed E-state index contributed by atoms with van der Waals surface area (Å²) in [6.07, 6.45) is 18.7. The van der Waals surface area contributed by atoms with Crippen LogP contribution in [0.2, 0.25) is 0 Å². The van der Waals surface area contributed by atoms with Crippen LogP contribution in [-0.4, -0.2) is 35.6 Å². The number of urea groups is 1. The lowest BCUT2D eigenvalue weighted by Crippen LogP contribution is -2.41. The van der Waals surface area contributed by atoms with E-state index in [2.05, 4.69) is 17.6 Å². The number of rotatable bonds is 21. The van der Waals surface area contributed by atoms with Gasteiger partial charge in [0.1, 0.15) is 6.04 Å². The van der Waals surface area contributed by atoms with Crippen molar-refractivity contribution >= 4 is 17.9 Å². The Balaban J connectivity index is 3.54. The summed E-state index contributed by atoms with van der Waals surface area (Å²) < 4.78 is 0. The normalized spacial score (nSPS) is 11.8. The fourth-order valence-corrected chi connectivity index (χ4v) is 3.52. The minimum absolute atomic E-state index is 0.218. The smallest absolute Gasteiger partial charge is 0.326 e. The Kier molecular flexibility index (Phi) is 19.3. The van der Waals surface area contributed by atoms with Gasteiger partial charge >= 0.3 is 12.0 Å². The first kappa shape index (κ1) is 28.2. The molecule has 0 aromatic rings. The minimum Gasteiger partial charge on any atom is -0.480 e. The van der Waals surface area contributed by atoms with Gasteiger partial charge < -0.3 is 21.5 Å². The number of carboxylic acids is 1. The molecule has 0 aliphatic heterocycles. The number of nitrogens with two attached hydrogens (primary N) is 1. The second-order valence-electron chi connectivity index (χ2n) is 8.24. The van der Waals surface area contributed by atoms with Gasteiger partial charge in [0.05, 0.1) is 0 Å². The fraction of sp³-hybridized carbons (Fsp3) is 0.870. The maximum atomic E-state index is 12.0. The van der Waals surface area contributed by atoms with Gasteiger partial charge in [0.25, 0.3) is 0 Å². The lowest BCUT2D eigenvalue weighted by Gasteiger charge is -2.14. The van der Waals surface area contributed by atoms with E-state index in [0.717, 1.165) is 19.3 Å². The molecule has 30 heavy (non-hydrogen) atoms. The SMILES string of the molecule is CCCCCCCCCCCCCCCCC(=O)N[C@@H](CCCNC(N)=O)C(=O)O. The highest BCUT2D eigenvalue weighted by molar-refractivity contribution is 5.83. The molecule has 7 heteroatoms. The number of hydrogen-bond donors (Lipinski definition) is 4. The number of aliphatic carboxylic acids is 1. The summed E-state index contributed by atoms with van der Waals surface area (Å²) in [4.78, 5) is 33.8. The molecule has 0 saturated carbocycles. The quantitative estimate of drug-likeness (QED) is 0.195. The van der Waals surface area contributed by atoms with Crippen molar-refractivity contribution < 1.29 is 19.5 Å². The van der Waals surface area contributed by atoms with Crippen molar-refractivity contribution in [1.29, 1.82) is 0 Å². The van der Waals surface area contributed by atoms with Crippen LogP contribution in [0.1, 0.15) is 116 Å². The predicted molar refractivity (Wildman–Crippen MR) is 121 cm³/mol. The van der Waals surface area contributed by atoms with Crippen LogP contribution in [0.5, 0.6) is 0 Å². The molecular weight excluding hydrogens is 382 g/mol. The first-order valence-electron chi connectivity index (χ1n) is 12.0. The summed E-state index contributed by atoms with van der Waals surface area (Å²) >= 11 is 0. The fourth-order valence-electron chi connectivity index (χ4n) is 3.52. The Morgan fingerprint density at radius 2 is 1.23 bits per heavy atom. The van der Waals surface area contributed by atoms with E-state index >= 15 is 0 Å². The Hall–Kier alpha value is -1.79. The summed E-state index contributed by atoms with van der Waals surface area (Å²) in [6.45, 7) is 2.55. The molecule has 176 valence electrons. The highest BCUT2D eigenvalue weighted by Gasteiger charge is 2.19. The molecule has 0 heterocycles. The molecular formula is C23H45N3O4. The van der Waals surface area contributed by atoms with E-state index in [1.54, 1.807) is 0 Å². The molecule has 0 unspecified atom stereocenters. The van der Waals surface area contributed by atoms with E-state index in [9.17, 15) is 19.5 Å². The number of primary amides is 1. The zero-order chi connectivity index (χ0) is 22.5. The molecule has 0 saturated heterocycles. The van der Waals surface area contributed by atoms with Crippen molar-refractivity contribution in [2.24, 2.45) is 5.73 Å². The molecule has 0 aromatic carbocycles. The number of carbonyl (C=O) groups is 3. The summed E-state index contributed by atoms with van der Waals surface area (Å²) in [5, 5.41) is 14.2. The van der Waals surface area contributed by atoms with Gasteiger partial charge in [0.15, 0.2) is 0 Å². The van der Waals surface area contributed by atoms with Crippen LogP contribution in [0.15, 0.2) is 0 Å². The van der Waals surface area contributed by atoms with Crippen LogP contribution < -0.4 is 16.4 Å². The number of hydrogen-bond acceptors (Lipinski definition) is 3. The molecule has 0 aromatic heterocycles. The van der Waals surface area contributed by atoms with Gasteiger partial charge in [0.2, 0.25) is 5.91 Å². The number of carbonyl (C=O) groups excluding carboxylic acids is 2. The van der Waals surface area contributed by atoms with E-state index < -0.39 is 18.0 Å². The van der Waals surface area contributed by atoms with E-state index in [-0.39, 0.29) is 12.3 Å². The number of nitrogens with one attached hydrogen (secondary N) is 2. The zero-order valence-corrected chi connectivity index (χ0v) is 19.1. The molecule has 0 aliphatic carbocycles. The molecule has 0 spiro atoms. The molecule has 3 amide bonds. The molecule has 7 nitrogen and oxygen atoms in total. The Labute approximate surface area is 182 Å². The predicted octanol–water partition coefficient (Wildman–Crippen LogP) is 4.88. The number of carboxylic acid groups (broad SMARTS) is 1. The summed E-state index contributed by atoms with van der Waals surface area (Å²) in [5.41, 5.74) is 4.96. The third-order valence-electron chi connectivity index (χ3n) is 5.36. The summed E-state index contributed by atoms with van der Waals surface area (Å²) in [5.74, 6) is -1.27.